The standard InChI is InChI=1S/C29H33N7O4/c1-18-25-19(16-34(5)33-25)13-22(26(18)39-17-38-6)27-31-23-8-7-20(14-21(23)24(15-30)32-27)35-9-11-36(12-10-35)28(37)40-29(2,3)4/h7-8,13-14,16H,9-12,17H2,1-6H3. The number of ether oxygens (including phenoxy) is 3. The molecule has 0 unspecified atom stereocenters. The first kappa shape index (κ1) is 27.1. The fourth-order valence-electron chi connectivity index (χ4n) is 4.90. The third-order valence-corrected chi connectivity index (χ3v) is 6.74. The van der Waals surface area contributed by atoms with E-state index in [0.717, 1.165) is 22.2 Å². The first-order chi connectivity index (χ1) is 19.1. The van der Waals surface area contributed by atoms with Crippen molar-refractivity contribution >= 4 is 33.6 Å². The van der Waals surface area contributed by atoms with Crippen molar-refractivity contribution in [1.29, 1.82) is 5.26 Å². The number of hydrogen-bond donors (Lipinski definition) is 0. The molecule has 4 aromatic rings. The molecule has 1 saturated heterocycles. The molecular weight excluding hydrogens is 510 g/mol. The molecule has 1 amide bonds. The second-order valence-electron chi connectivity index (χ2n) is 10.8. The van der Waals surface area contributed by atoms with Gasteiger partial charge in [-0.25, -0.2) is 14.8 Å². The Kier molecular flexibility index (Phi) is 7.21. The van der Waals surface area contributed by atoms with Crippen LogP contribution in [0.5, 0.6) is 5.75 Å². The van der Waals surface area contributed by atoms with E-state index in [1.165, 1.54) is 0 Å². The van der Waals surface area contributed by atoms with Crippen LogP contribution >= 0.6 is 0 Å². The number of aromatic nitrogens is 4. The summed E-state index contributed by atoms with van der Waals surface area (Å²) in [4.78, 5) is 25.9. The molecule has 40 heavy (non-hydrogen) atoms. The zero-order valence-electron chi connectivity index (χ0n) is 23.7. The van der Waals surface area contributed by atoms with Crippen molar-refractivity contribution in [3.05, 3.63) is 41.7 Å². The minimum Gasteiger partial charge on any atom is -0.466 e. The van der Waals surface area contributed by atoms with Gasteiger partial charge in [0.25, 0.3) is 0 Å². The lowest BCUT2D eigenvalue weighted by molar-refractivity contribution is 0.0240. The number of fused-ring (bicyclic) bond motifs is 2. The lowest BCUT2D eigenvalue weighted by Crippen LogP contribution is -2.50. The van der Waals surface area contributed by atoms with Crippen LogP contribution in [-0.4, -0.2) is 76.4 Å². The minimum absolute atomic E-state index is 0.0510. The van der Waals surface area contributed by atoms with Crippen molar-refractivity contribution in [3.8, 4) is 23.2 Å². The second kappa shape index (κ2) is 10.6. The Morgan fingerprint density at radius 2 is 1.88 bits per heavy atom. The number of aryl methyl sites for hydroxylation is 2. The number of benzene rings is 2. The maximum absolute atomic E-state index is 12.5. The molecule has 0 atom stereocenters. The van der Waals surface area contributed by atoms with Gasteiger partial charge in [-0.15, -0.1) is 0 Å². The SMILES string of the molecule is COCOc1c(-c2nc(C#N)c3cc(N4CCN(C(=O)OC(C)(C)C)CC4)ccc3n2)cc2cn(C)nc2c1C. The molecule has 2 aromatic carbocycles. The lowest BCUT2D eigenvalue weighted by atomic mass is 10.0. The highest BCUT2D eigenvalue weighted by Gasteiger charge is 2.26. The number of amides is 1. The molecule has 2 aromatic heterocycles. The Labute approximate surface area is 232 Å². The van der Waals surface area contributed by atoms with E-state index in [2.05, 4.69) is 21.1 Å². The van der Waals surface area contributed by atoms with E-state index in [9.17, 15) is 10.1 Å². The number of hydrogen-bond acceptors (Lipinski definition) is 9. The quantitative estimate of drug-likeness (QED) is 0.337. The molecule has 11 heteroatoms. The fraction of sp³-hybridized carbons (Fsp3) is 0.414. The molecule has 1 aliphatic rings. The van der Waals surface area contributed by atoms with Gasteiger partial charge in [-0.2, -0.15) is 10.4 Å². The molecule has 3 heterocycles. The predicted octanol–water partition coefficient (Wildman–Crippen LogP) is 4.40. The minimum atomic E-state index is -0.530. The molecular formula is C29H33N7O4. The summed E-state index contributed by atoms with van der Waals surface area (Å²) in [6.07, 6.45) is 1.62. The molecule has 11 nitrogen and oxygen atoms in total. The molecule has 208 valence electrons. The highest BCUT2D eigenvalue weighted by atomic mass is 16.7. The Morgan fingerprint density at radius 1 is 1.12 bits per heavy atom. The van der Waals surface area contributed by atoms with Crippen LogP contribution in [-0.2, 0) is 16.5 Å². The van der Waals surface area contributed by atoms with Crippen LogP contribution in [0.25, 0.3) is 33.2 Å². The van der Waals surface area contributed by atoms with E-state index in [1.54, 1.807) is 16.7 Å². The normalized spacial score (nSPS) is 14.0. The topological polar surface area (TPSA) is 119 Å². The first-order valence-corrected chi connectivity index (χ1v) is 13.1. The molecule has 0 spiro atoms. The summed E-state index contributed by atoms with van der Waals surface area (Å²) in [6.45, 7) is 9.97. The highest BCUT2D eigenvalue weighted by Crippen LogP contribution is 2.37. The van der Waals surface area contributed by atoms with Crippen molar-refractivity contribution in [2.24, 2.45) is 7.05 Å². The van der Waals surface area contributed by atoms with Gasteiger partial charge in [-0.05, 0) is 52.0 Å². The molecule has 0 bridgehead atoms. The number of carbonyl (C=O) groups is 1. The molecule has 1 aliphatic heterocycles. The number of rotatable bonds is 5. The van der Waals surface area contributed by atoms with Gasteiger partial charge < -0.3 is 24.0 Å². The van der Waals surface area contributed by atoms with Crippen LogP contribution in [0, 0.1) is 18.3 Å². The zero-order valence-corrected chi connectivity index (χ0v) is 23.7. The monoisotopic (exact) mass is 543 g/mol. The van der Waals surface area contributed by atoms with Gasteiger partial charge in [0.05, 0.1) is 16.6 Å². The van der Waals surface area contributed by atoms with Crippen molar-refractivity contribution in [1.82, 2.24) is 24.6 Å². The number of nitrogens with zero attached hydrogens (tertiary/aromatic N) is 7. The molecule has 0 radical (unpaired) electrons. The maximum Gasteiger partial charge on any atom is 0.410 e. The van der Waals surface area contributed by atoms with E-state index < -0.39 is 5.60 Å². The molecule has 0 aliphatic carbocycles. The Balaban J connectivity index is 1.47. The van der Waals surface area contributed by atoms with Gasteiger partial charge in [0.15, 0.2) is 18.3 Å². The second-order valence-corrected chi connectivity index (χ2v) is 10.8. The Bertz CT molecular complexity index is 1630. The average Bonchev–Trinajstić information content (AvgIpc) is 3.31. The summed E-state index contributed by atoms with van der Waals surface area (Å²) >= 11 is 0. The van der Waals surface area contributed by atoms with Crippen LogP contribution in [0.2, 0.25) is 0 Å². The number of methoxy groups -OCH3 is 1. The van der Waals surface area contributed by atoms with Gasteiger partial charge in [0.1, 0.15) is 17.4 Å². The summed E-state index contributed by atoms with van der Waals surface area (Å²) in [5.41, 5.74) is 3.66. The number of anilines is 1. The van der Waals surface area contributed by atoms with Crippen LogP contribution in [0.1, 0.15) is 32.0 Å². The van der Waals surface area contributed by atoms with Crippen molar-refractivity contribution in [2.75, 3.05) is 45.0 Å². The summed E-state index contributed by atoms with van der Waals surface area (Å²) in [6, 6.07) is 10.0. The maximum atomic E-state index is 12.5. The van der Waals surface area contributed by atoms with Gasteiger partial charge in [0.2, 0.25) is 0 Å². The Morgan fingerprint density at radius 3 is 2.55 bits per heavy atom. The molecule has 0 saturated carbocycles. The zero-order chi connectivity index (χ0) is 28.6. The van der Waals surface area contributed by atoms with Crippen molar-refractivity contribution < 1.29 is 19.0 Å². The summed E-state index contributed by atoms with van der Waals surface area (Å²) in [5, 5.41) is 16.2. The molecule has 5 rings (SSSR count). The van der Waals surface area contributed by atoms with Crippen LogP contribution in [0.4, 0.5) is 10.5 Å². The van der Waals surface area contributed by atoms with E-state index in [0.29, 0.717) is 54.2 Å². The number of carbonyl (C=O) groups excluding carboxylic acids is 1. The van der Waals surface area contributed by atoms with Crippen LogP contribution in [0.15, 0.2) is 30.5 Å². The summed E-state index contributed by atoms with van der Waals surface area (Å²) in [5.74, 6) is 0.957. The summed E-state index contributed by atoms with van der Waals surface area (Å²) in [7, 11) is 3.42. The van der Waals surface area contributed by atoms with Gasteiger partial charge in [-0.3, -0.25) is 4.68 Å². The largest absolute Gasteiger partial charge is 0.466 e. The van der Waals surface area contributed by atoms with Crippen LogP contribution < -0.4 is 9.64 Å². The van der Waals surface area contributed by atoms with E-state index in [1.807, 2.05) is 65.2 Å². The number of nitriles is 1. The van der Waals surface area contributed by atoms with E-state index in [4.69, 9.17) is 19.2 Å². The third-order valence-electron chi connectivity index (χ3n) is 6.74. The van der Waals surface area contributed by atoms with Gasteiger partial charge in [-0.1, -0.05) is 0 Å². The smallest absolute Gasteiger partial charge is 0.410 e. The third kappa shape index (κ3) is 5.35. The molecule has 0 N–H and O–H groups in total. The van der Waals surface area contributed by atoms with E-state index >= 15 is 0 Å². The van der Waals surface area contributed by atoms with Crippen molar-refractivity contribution in [3.63, 3.8) is 0 Å². The van der Waals surface area contributed by atoms with Gasteiger partial charge >= 0.3 is 6.09 Å². The Hall–Kier alpha value is -4.43. The van der Waals surface area contributed by atoms with Crippen LogP contribution in [0.3, 0.4) is 0 Å². The first-order valence-electron chi connectivity index (χ1n) is 13.1. The fourth-order valence-corrected chi connectivity index (χ4v) is 4.90. The van der Waals surface area contributed by atoms with Gasteiger partial charge in [0, 0.05) is 68.6 Å². The average molecular weight is 544 g/mol. The molecule has 1 fully saturated rings. The van der Waals surface area contributed by atoms with E-state index in [-0.39, 0.29) is 18.6 Å². The number of piperazine rings is 1. The highest BCUT2D eigenvalue weighted by molar-refractivity contribution is 5.92. The predicted molar refractivity (Wildman–Crippen MR) is 151 cm³/mol. The lowest BCUT2D eigenvalue weighted by Gasteiger charge is -2.36. The van der Waals surface area contributed by atoms with Crippen molar-refractivity contribution in [2.45, 2.75) is 33.3 Å². The summed E-state index contributed by atoms with van der Waals surface area (Å²) < 4.78 is 18.4.